The van der Waals surface area contributed by atoms with Crippen molar-refractivity contribution in [2.75, 3.05) is 0 Å². The summed E-state index contributed by atoms with van der Waals surface area (Å²) in [4.78, 5) is 38.3. The van der Waals surface area contributed by atoms with Crippen LogP contribution in [0.1, 0.15) is 0 Å². The van der Waals surface area contributed by atoms with E-state index in [2.05, 4.69) is 12.1 Å². The van der Waals surface area contributed by atoms with Crippen molar-refractivity contribution in [1.29, 1.82) is 0 Å². The molecule has 0 unspecified atom stereocenters. The van der Waals surface area contributed by atoms with Crippen LogP contribution in [0.4, 0.5) is 0 Å². The molecule has 4 heterocycles. The maximum atomic E-state index is 14.2. The molecule has 0 fully saturated rings. The second-order valence-corrected chi connectivity index (χ2v) is 11.7. The predicted octanol–water partition coefficient (Wildman–Crippen LogP) is 8.19. The van der Waals surface area contributed by atoms with Crippen LogP contribution in [0.3, 0.4) is 0 Å². The van der Waals surface area contributed by atoms with Crippen LogP contribution in [0.5, 0.6) is 0 Å². The van der Waals surface area contributed by atoms with Gasteiger partial charge in [0.2, 0.25) is 0 Å². The minimum atomic E-state index is -0.0973. The van der Waals surface area contributed by atoms with E-state index in [1.165, 1.54) is 0 Å². The van der Waals surface area contributed by atoms with E-state index < -0.39 is 0 Å². The monoisotopic (exact) mass is 590 g/mol. The molecule has 6 heteroatoms. The predicted molar refractivity (Wildman–Crippen MR) is 185 cm³/mol. The molecule has 0 bridgehead atoms. The Morgan fingerprint density at radius 3 is 1.17 bits per heavy atom. The van der Waals surface area contributed by atoms with E-state index in [0.29, 0.717) is 22.4 Å². The Hall–Kier alpha value is -6.40. The minimum absolute atomic E-state index is 0.0973. The molecule has 6 nitrogen and oxygen atoms in total. The summed E-state index contributed by atoms with van der Waals surface area (Å²) in [5, 5.41) is 4.88. The second-order valence-electron chi connectivity index (χ2n) is 11.7. The van der Waals surface area contributed by atoms with Gasteiger partial charge in [-0.15, -0.1) is 0 Å². The van der Waals surface area contributed by atoms with Gasteiger partial charge in [-0.05, 0) is 46.2 Å². The molecule has 0 saturated carbocycles. The molecule has 6 aromatic carbocycles. The summed E-state index contributed by atoms with van der Waals surface area (Å²) in [6.07, 6.45) is 0. The number of aromatic nitrogens is 4. The Bertz CT molecular complexity index is 2740. The summed E-state index contributed by atoms with van der Waals surface area (Å²) in [5.41, 5.74) is 6.55. The van der Waals surface area contributed by atoms with Gasteiger partial charge < -0.3 is 0 Å². The first-order valence-corrected chi connectivity index (χ1v) is 15.2. The number of fused-ring (bicyclic) bond motifs is 4. The fraction of sp³-hybridized carbons (Fsp3) is 0. The van der Waals surface area contributed by atoms with E-state index in [1.807, 2.05) is 121 Å². The van der Waals surface area contributed by atoms with Gasteiger partial charge in [0.25, 0.3) is 11.1 Å². The van der Waals surface area contributed by atoms with Gasteiger partial charge in [-0.2, -0.15) is 0 Å². The van der Waals surface area contributed by atoms with Gasteiger partial charge >= 0.3 is 0 Å². The topological polar surface area (TPSA) is 68.7 Å². The normalized spacial score (nSPS) is 12.1. The molecule has 0 aliphatic carbocycles. The zero-order valence-corrected chi connectivity index (χ0v) is 24.3. The summed E-state index contributed by atoms with van der Waals surface area (Å²) in [5.74, 6) is 1.23. The lowest BCUT2D eigenvalue weighted by Crippen LogP contribution is -2.15. The first-order chi connectivity index (χ1) is 22.7. The first-order valence-electron chi connectivity index (χ1n) is 15.2. The highest BCUT2D eigenvalue weighted by Crippen LogP contribution is 2.43. The van der Waals surface area contributed by atoms with E-state index >= 15 is 0 Å². The Balaban J connectivity index is 1.42. The Labute approximate surface area is 260 Å². The summed E-state index contributed by atoms with van der Waals surface area (Å²) in [7, 11) is 0. The van der Waals surface area contributed by atoms with Gasteiger partial charge in [0, 0.05) is 32.7 Å². The summed E-state index contributed by atoms with van der Waals surface area (Å²) >= 11 is 0. The standard InChI is InChI=1S/C40H22N4O2/c45-39-29-17-9-7-15-25(29)33-27(19-21-31-35(33)43(39)37(41-31)23-11-3-1-4-12-23)28-20-22-32-36-34(28)26-16-8-10-18-30(26)40(46)44(36)38(42-32)24-13-5-2-6-14-24/h1-22H. The number of pyridine rings is 2. The second kappa shape index (κ2) is 9.06. The average molecular weight is 591 g/mol. The number of benzene rings is 6. The number of hydrogen-bond donors (Lipinski definition) is 0. The molecule has 0 spiro atoms. The van der Waals surface area contributed by atoms with Crippen molar-refractivity contribution in [1.82, 2.24) is 18.8 Å². The van der Waals surface area contributed by atoms with Gasteiger partial charge in [-0.3, -0.25) is 18.4 Å². The molecule has 46 heavy (non-hydrogen) atoms. The van der Waals surface area contributed by atoms with E-state index in [4.69, 9.17) is 9.97 Å². The Morgan fingerprint density at radius 2 is 0.761 bits per heavy atom. The van der Waals surface area contributed by atoms with E-state index in [1.54, 1.807) is 8.80 Å². The van der Waals surface area contributed by atoms with Gasteiger partial charge in [0.15, 0.2) is 0 Å². The van der Waals surface area contributed by atoms with Crippen molar-refractivity contribution in [2.45, 2.75) is 0 Å². The molecule has 0 aliphatic heterocycles. The molecule has 0 radical (unpaired) electrons. The highest BCUT2D eigenvalue weighted by atomic mass is 16.1. The molecule has 0 saturated heterocycles. The van der Waals surface area contributed by atoms with Gasteiger partial charge in [0.1, 0.15) is 11.6 Å². The molecule has 214 valence electrons. The van der Waals surface area contributed by atoms with Crippen molar-refractivity contribution in [2.24, 2.45) is 0 Å². The summed E-state index contributed by atoms with van der Waals surface area (Å²) in [6, 6.07) is 43.5. The van der Waals surface area contributed by atoms with Gasteiger partial charge in [0.05, 0.1) is 22.1 Å². The minimum Gasteiger partial charge on any atom is -0.268 e. The SMILES string of the molecule is O=c1c2ccccc2c2c(-c3ccc4nc(-c5ccccc5)n5c(=O)c6ccccc6c3c45)ccc3nc(-c4ccccc4)n1c32. The highest BCUT2D eigenvalue weighted by Gasteiger charge is 2.25. The van der Waals surface area contributed by atoms with Crippen LogP contribution in [-0.2, 0) is 0 Å². The van der Waals surface area contributed by atoms with Crippen LogP contribution in [0.15, 0.2) is 143 Å². The number of imidazole rings is 2. The fourth-order valence-electron chi connectivity index (χ4n) is 7.30. The maximum Gasteiger partial charge on any atom is 0.264 e. The zero-order valence-electron chi connectivity index (χ0n) is 24.3. The van der Waals surface area contributed by atoms with Crippen molar-refractivity contribution in [3.63, 3.8) is 0 Å². The van der Waals surface area contributed by atoms with E-state index in [9.17, 15) is 9.59 Å². The van der Waals surface area contributed by atoms with Crippen molar-refractivity contribution in [3.8, 4) is 33.9 Å². The van der Waals surface area contributed by atoms with Crippen LogP contribution in [0, 0.1) is 0 Å². The summed E-state index contributed by atoms with van der Waals surface area (Å²) in [6.45, 7) is 0. The Morgan fingerprint density at radius 1 is 0.391 bits per heavy atom. The van der Waals surface area contributed by atoms with E-state index in [-0.39, 0.29) is 11.1 Å². The molecule has 0 atom stereocenters. The smallest absolute Gasteiger partial charge is 0.264 e. The largest absolute Gasteiger partial charge is 0.268 e. The quantitative estimate of drug-likeness (QED) is 0.195. The van der Waals surface area contributed by atoms with Gasteiger partial charge in [-0.25, -0.2) is 9.97 Å². The highest BCUT2D eigenvalue weighted by molar-refractivity contribution is 6.24. The number of nitrogens with zero attached hydrogens (tertiary/aromatic N) is 4. The van der Waals surface area contributed by atoms with Crippen molar-refractivity contribution >= 4 is 54.4 Å². The van der Waals surface area contributed by atoms with Crippen molar-refractivity contribution < 1.29 is 0 Å². The maximum absolute atomic E-state index is 14.2. The summed E-state index contributed by atoms with van der Waals surface area (Å²) < 4.78 is 3.54. The van der Waals surface area contributed by atoms with Gasteiger partial charge in [-0.1, -0.05) is 109 Å². The van der Waals surface area contributed by atoms with Crippen LogP contribution < -0.4 is 11.1 Å². The fourth-order valence-corrected chi connectivity index (χ4v) is 7.30. The molecule has 10 aromatic rings. The third-order valence-corrected chi connectivity index (χ3v) is 9.25. The van der Waals surface area contributed by atoms with Crippen LogP contribution in [0.25, 0.3) is 88.3 Å². The molecular formula is C40H22N4O2. The first kappa shape index (κ1) is 25.0. The Kier molecular flexibility index (Phi) is 4.92. The third kappa shape index (κ3) is 3.19. The molecular weight excluding hydrogens is 568 g/mol. The number of hydrogen-bond acceptors (Lipinski definition) is 4. The lowest BCUT2D eigenvalue weighted by molar-refractivity contribution is 1.13. The number of rotatable bonds is 3. The third-order valence-electron chi connectivity index (χ3n) is 9.25. The molecule has 10 rings (SSSR count). The van der Waals surface area contributed by atoms with Crippen LogP contribution >= 0.6 is 0 Å². The molecule has 4 aromatic heterocycles. The zero-order chi connectivity index (χ0) is 30.5. The molecule has 0 aliphatic rings. The van der Waals surface area contributed by atoms with E-state index in [0.717, 1.165) is 65.9 Å². The molecule has 0 amide bonds. The van der Waals surface area contributed by atoms with Crippen molar-refractivity contribution in [3.05, 3.63) is 154 Å². The van der Waals surface area contributed by atoms with Crippen LogP contribution in [-0.4, -0.2) is 18.8 Å². The molecule has 0 N–H and O–H groups in total. The van der Waals surface area contributed by atoms with Crippen LogP contribution in [0.2, 0.25) is 0 Å². The average Bonchev–Trinajstić information content (AvgIpc) is 3.71. The lowest BCUT2D eigenvalue weighted by atomic mass is 9.91. The lowest BCUT2D eigenvalue weighted by Gasteiger charge is -2.15.